The summed E-state index contributed by atoms with van der Waals surface area (Å²) in [6.07, 6.45) is 6.63. The number of nitrogens with one attached hydrogen (secondary N) is 1. The van der Waals surface area contributed by atoms with Crippen LogP contribution in [0.5, 0.6) is 0 Å². The number of amides is 1. The fraction of sp³-hybridized carbons (Fsp3) is 0.636. The lowest BCUT2D eigenvalue weighted by Gasteiger charge is -2.44. The van der Waals surface area contributed by atoms with E-state index in [0.29, 0.717) is 25.7 Å². The van der Waals surface area contributed by atoms with Gasteiger partial charge in [0, 0.05) is 44.2 Å². The van der Waals surface area contributed by atoms with E-state index in [4.69, 9.17) is 0 Å². The van der Waals surface area contributed by atoms with Crippen LogP contribution in [0.2, 0.25) is 0 Å². The van der Waals surface area contributed by atoms with Crippen LogP contribution in [0.3, 0.4) is 0 Å². The molecule has 162 valence electrons. The van der Waals surface area contributed by atoms with Crippen LogP contribution in [-0.4, -0.2) is 62.4 Å². The third-order valence-electron chi connectivity index (χ3n) is 6.91. The Hall–Kier alpha value is -1.95. The maximum atomic E-state index is 12.9. The lowest BCUT2D eigenvalue weighted by molar-refractivity contribution is -0.139. The highest BCUT2D eigenvalue weighted by molar-refractivity contribution is 7.89. The Morgan fingerprint density at radius 2 is 1.67 bits per heavy atom. The molecular weight excluding hydrogens is 400 g/mol. The Morgan fingerprint density at radius 1 is 1.00 bits per heavy atom. The van der Waals surface area contributed by atoms with E-state index in [9.17, 15) is 18.5 Å². The summed E-state index contributed by atoms with van der Waals surface area (Å²) in [5.41, 5.74) is 0.148. The molecule has 0 aromatic heterocycles. The quantitative estimate of drug-likeness (QED) is 0.772. The molecule has 4 rings (SSSR count). The lowest BCUT2D eigenvalue weighted by atomic mass is 9.85. The standard InChI is InChI=1S/C22H30N4O3S/c23-16-18-4-1-2-7-21(18)30(28,29)24-19-10-8-17(9-11-19)22(27)26-14-12-25(13-15-26)20-5-3-6-20/h1-2,4,7,17,19-20,24H,3,5-6,8-15H2. The molecule has 30 heavy (non-hydrogen) atoms. The van der Waals surface area contributed by atoms with E-state index in [-0.39, 0.29) is 28.3 Å². The molecule has 1 N–H and O–H groups in total. The van der Waals surface area contributed by atoms with E-state index in [0.717, 1.165) is 32.2 Å². The minimum absolute atomic E-state index is 0.00704. The van der Waals surface area contributed by atoms with Crippen LogP contribution in [0.1, 0.15) is 50.5 Å². The predicted molar refractivity (Wildman–Crippen MR) is 113 cm³/mol. The third kappa shape index (κ3) is 4.53. The molecule has 2 saturated carbocycles. The summed E-state index contributed by atoms with van der Waals surface area (Å²) >= 11 is 0. The van der Waals surface area contributed by atoms with Crippen LogP contribution in [0.25, 0.3) is 0 Å². The first-order chi connectivity index (χ1) is 14.5. The number of benzene rings is 1. The van der Waals surface area contributed by atoms with Crippen molar-refractivity contribution in [2.75, 3.05) is 26.2 Å². The molecule has 8 heteroatoms. The summed E-state index contributed by atoms with van der Waals surface area (Å²) in [5, 5.41) is 9.18. The van der Waals surface area contributed by atoms with Crippen LogP contribution >= 0.6 is 0 Å². The van der Waals surface area contributed by atoms with Gasteiger partial charge >= 0.3 is 0 Å². The topological polar surface area (TPSA) is 93.5 Å². The molecule has 1 saturated heterocycles. The molecule has 0 bridgehead atoms. The number of hydrogen-bond acceptors (Lipinski definition) is 5. The fourth-order valence-corrected chi connectivity index (χ4v) is 6.31. The van der Waals surface area contributed by atoms with Crippen molar-refractivity contribution in [3.63, 3.8) is 0 Å². The van der Waals surface area contributed by atoms with Crippen molar-refractivity contribution in [3.8, 4) is 6.07 Å². The number of hydrogen-bond donors (Lipinski definition) is 1. The number of sulfonamides is 1. The highest BCUT2D eigenvalue weighted by Crippen LogP contribution is 2.29. The Balaban J connectivity index is 1.27. The zero-order valence-electron chi connectivity index (χ0n) is 17.3. The van der Waals surface area contributed by atoms with Gasteiger partial charge in [-0.05, 0) is 50.7 Å². The van der Waals surface area contributed by atoms with Crippen molar-refractivity contribution in [2.24, 2.45) is 5.92 Å². The zero-order chi connectivity index (χ0) is 21.1. The van der Waals surface area contributed by atoms with Crippen molar-refractivity contribution in [1.29, 1.82) is 5.26 Å². The molecule has 1 aromatic carbocycles. The lowest BCUT2D eigenvalue weighted by Crippen LogP contribution is -2.54. The molecule has 0 radical (unpaired) electrons. The van der Waals surface area contributed by atoms with Gasteiger partial charge in [0.15, 0.2) is 0 Å². The summed E-state index contributed by atoms with van der Waals surface area (Å²) < 4.78 is 28.2. The van der Waals surface area contributed by atoms with Crippen molar-refractivity contribution >= 4 is 15.9 Å². The summed E-state index contributed by atoms with van der Waals surface area (Å²) in [7, 11) is -3.75. The Bertz CT molecular complexity index is 907. The van der Waals surface area contributed by atoms with Gasteiger partial charge in [0.25, 0.3) is 0 Å². The van der Waals surface area contributed by atoms with Gasteiger partial charge in [-0.1, -0.05) is 18.6 Å². The van der Waals surface area contributed by atoms with E-state index < -0.39 is 10.0 Å². The summed E-state index contributed by atoms with van der Waals surface area (Å²) in [4.78, 5) is 17.5. The molecule has 0 spiro atoms. The van der Waals surface area contributed by atoms with Gasteiger partial charge in [-0.25, -0.2) is 13.1 Å². The summed E-state index contributed by atoms with van der Waals surface area (Å²) in [6, 6.07) is 8.72. The van der Waals surface area contributed by atoms with Gasteiger partial charge in [0.1, 0.15) is 6.07 Å². The predicted octanol–water partition coefficient (Wildman–Crippen LogP) is 2.09. The molecule has 1 heterocycles. The van der Waals surface area contributed by atoms with Crippen molar-refractivity contribution < 1.29 is 13.2 Å². The maximum absolute atomic E-state index is 12.9. The number of carbonyl (C=O) groups is 1. The van der Waals surface area contributed by atoms with E-state index in [1.165, 1.54) is 31.4 Å². The number of carbonyl (C=O) groups excluding carboxylic acids is 1. The van der Waals surface area contributed by atoms with Crippen LogP contribution in [0, 0.1) is 17.2 Å². The average Bonchev–Trinajstić information content (AvgIpc) is 2.73. The number of rotatable bonds is 5. The number of piperazine rings is 1. The molecule has 0 unspecified atom stereocenters. The van der Waals surface area contributed by atoms with Gasteiger partial charge < -0.3 is 4.90 Å². The van der Waals surface area contributed by atoms with Crippen molar-refractivity contribution in [2.45, 2.75) is 61.9 Å². The Kier molecular flexibility index (Phi) is 6.42. The second kappa shape index (κ2) is 9.04. The first-order valence-corrected chi connectivity index (χ1v) is 12.5. The average molecular weight is 431 g/mol. The first kappa shape index (κ1) is 21.3. The Morgan fingerprint density at radius 3 is 2.27 bits per heavy atom. The van der Waals surface area contributed by atoms with Gasteiger partial charge in [0.2, 0.25) is 15.9 Å². The SMILES string of the molecule is N#Cc1ccccc1S(=O)(=O)NC1CCC(C(=O)N2CCN(C3CCC3)CC2)CC1. The zero-order valence-corrected chi connectivity index (χ0v) is 18.1. The smallest absolute Gasteiger partial charge is 0.242 e. The van der Waals surface area contributed by atoms with E-state index in [2.05, 4.69) is 9.62 Å². The second-order valence-corrected chi connectivity index (χ2v) is 10.4. The van der Waals surface area contributed by atoms with Crippen LogP contribution < -0.4 is 4.72 Å². The molecule has 1 aromatic rings. The highest BCUT2D eigenvalue weighted by atomic mass is 32.2. The summed E-state index contributed by atoms with van der Waals surface area (Å²) in [6.45, 7) is 3.58. The minimum atomic E-state index is -3.75. The van der Waals surface area contributed by atoms with Crippen LogP contribution in [0.15, 0.2) is 29.2 Å². The molecule has 3 fully saturated rings. The number of nitrogens with zero attached hydrogens (tertiary/aromatic N) is 3. The molecule has 0 atom stereocenters. The maximum Gasteiger partial charge on any atom is 0.242 e. The largest absolute Gasteiger partial charge is 0.340 e. The van der Waals surface area contributed by atoms with Crippen LogP contribution in [0.4, 0.5) is 0 Å². The van der Waals surface area contributed by atoms with E-state index in [1.807, 2.05) is 11.0 Å². The van der Waals surface area contributed by atoms with Crippen molar-refractivity contribution in [1.82, 2.24) is 14.5 Å². The fourth-order valence-electron chi connectivity index (χ4n) is 4.85. The van der Waals surface area contributed by atoms with Gasteiger partial charge in [-0.15, -0.1) is 0 Å². The Labute approximate surface area is 179 Å². The van der Waals surface area contributed by atoms with E-state index in [1.54, 1.807) is 12.1 Å². The van der Waals surface area contributed by atoms with E-state index >= 15 is 0 Å². The van der Waals surface area contributed by atoms with Crippen molar-refractivity contribution in [3.05, 3.63) is 29.8 Å². The molecule has 2 aliphatic carbocycles. The molecular formula is C22H30N4O3S. The molecule has 3 aliphatic rings. The minimum Gasteiger partial charge on any atom is -0.340 e. The monoisotopic (exact) mass is 430 g/mol. The normalized spacial score (nSPS) is 26.0. The molecule has 1 aliphatic heterocycles. The van der Waals surface area contributed by atoms with Gasteiger partial charge in [0.05, 0.1) is 10.5 Å². The molecule has 7 nitrogen and oxygen atoms in total. The molecule has 1 amide bonds. The third-order valence-corrected chi connectivity index (χ3v) is 8.49. The highest BCUT2D eigenvalue weighted by Gasteiger charge is 2.34. The van der Waals surface area contributed by atoms with Gasteiger partial charge in [-0.2, -0.15) is 5.26 Å². The van der Waals surface area contributed by atoms with Crippen LogP contribution in [-0.2, 0) is 14.8 Å². The first-order valence-electron chi connectivity index (χ1n) is 11.0. The number of nitriles is 1. The second-order valence-electron chi connectivity index (χ2n) is 8.72. The summed E-state index contributed by atoms with van der Waals surface area (Å²) in [5.74, 6) is 0.229. The van der Waals surface area contributed by atoms with Gasteiger partial charge in [-0.3, -0.25) is 9.69 Å².